The zero-order chi connectivity index (χ0) is 21.6. The van der Waals surface area contributed by atoms with Crippen LogP contribution in [-0.4, -0.2) is 48.8 Å². The minimum absolute atomic E-state index is 0.0131. The lowest BCUT2D eigenvalue weighted by atomic mass is 9.94. The Morgan fingerprint density at radius 2 is 1.93 bits per heavy atom. The highest BCUT2D eigenvalue weighted by molar-refractivity contribution is 7.80. The van der Waals surface area contributed by atoms with Crippen LogP contribution in [0, 0.1) is 5.92 Å². The summed E-state index contributed by atoms with van der Waals surface area (Å²) in [7, 11) is 1.47. The first-order chi connectivity index (χ1) is 13.8. The molecule has 0 saturated carbocycles. The smallest absolute Gasteiger partial charge is 0.338 e. The second-order valence-electron chi connectivity index (χ2n) is 7.22. The topological polar surface area (TPSA) is 79.9 Å². The number of esters is 1. The minimum atomic E-state index is -0.423. The standard InChI is InChI=1S/C21H29N3O4S/c1-6-24-14(4)18(20(26)28-11-13(2)3)19(23-21(24)29)15-7-9-16(10-8-15)22-17(25)12-27-5/h7-10,13,19H,6,11-12H2,1-5H3,(H,22,25)(H,23,29)/t19-/m0/s1. The molecule has 2 N–H and O–H groups in total. The summed E-state index contributed by atoms with van der Waals surface area (Å²) in [4.78, 5) is 26.5. The number of amides is 1. The number of rotatable bonds is 8. The quantitative estimate of drug-likeness (QED) is 0.495. The number of hydrogen-bond donors (Lipinski definition) is 2. The van der Waals surface area contributed by atoms with Crippen LogP contribution in [0.3, 0.4) is 0 Å². The van der Waals surface area contributed by atoms with Crippen molar-refractivity contribution in [2.24, 2.45) is 5.92 Å². The van der Waals surface area contributed by atoms with Crippen LogP contribution in [-0.2, 0) is 19.1 Å². The van der Waals surface area contributed by atoms with Gasteiger partial charge in [-0.25, -0.2) is 4.79 Å². The first-order valence-electron chi connectivity index (χ1n) is 9.63. The van der Waals surface area contributed by atoms with Crippen molar-refractivity contribution in [1.82, 2.24) is 10.2 Å². The minimum Gasteiger partial charge on any atom is -0.462 e. The molecule has 1 aliphatic rings. The first-order valence-corrected chi connectivity index (χ1v) is 10.0. The molecule has 1 amide bonds. The summed E-state index contributed by atoms with van der Waals surface area (Å²) >= 11 is 5.50. The molecule has 0 radical (unpaired) electrons. The summed E-state index contributed by atoms with van der Waals surface area (Å²) in [6.45, 7) is 8.84. The molecule has 0 aromatic heterocycles. The van der Waals surface area contributed by atoms with Gasteiger partial charge in [0, 0.05) is 25.0 Å². The van der Waals surface area contributed by atoms with Crippen LogP contribution in [0.5, 0.6) is 0 Å². The summed E-state index contributed by atoms with van der Waals surface area (Å²) in [6, 6.07) is 6.85. The Morgan fingerprint density at radius 1 is 1.28 bits per heavy atom. The Morgan fingerprint density at radius 3 is 2.48 bits per heavy atom. The maximum Gasteiger partial charge on any atom is 0.338 e. The van der Waals surface area contributed by atoms with Crippen molar-refractivity contribution in [1.29, 1.82) is 0 Å². The molecule has 0 spiro atoms. The molecule has 0 aliphatic carbocycles. The number of nitrogens with zero attached hydrogens (tertiary/aromatic N) is 1. The first kappa shape index (κ1) is 22.8. The molecule has 0 unspecified atom stereocenters. The Bertz CT molecular complexity index is 790. The molecule has 1 aliphatic heterocycles. The number of allylic oxidation sites excluding steroid dienone is 1. The molecule has 8 heteroatoms. The van der Waals surface area contributed by atoms with Crippen LogP contribution in [0.4, 0.5) is 5.69 Å². The molecule has 0 saturated heterocycles. The second-order valence-corrected chi connectivity index (χ2v) is 7.61. The third kappa shape index (κ3) is 5.77. The fraction of sp³-hybridized carbons (Fsp3) is 0.476. The van der Waals surface area contributed by atoms with E-state index in [4.69, 9.17) is 21.7 Å². The van der Waals surface area contributed by atoms with E-state index in [1.807, 2.05) is 44.7 Å². The lowest BCUT2D eigenvalue weighted by molar-refractivity contribution is -0.140. The van der Waals surface area contributed by atoms with Gasteiger partial charge in [0.05, 0.1) is 18.2 Å². The van der Waals surface area contributed by atoms with Gasteiger partial charge in [-0.05, 0) is 49.7 Å². The molecule has 7 nitrogen and oxygen atoms in total. The highest BCUT2D eigenvalue weighted by Crippen LogP contribution is 2.32. The van der Waals surface area contributed by atoms with Crippen molar-refractivity contribution in [2.45, 2.75) is 33.7 Å². The van der Waals surface area contributed by atoms with E-state index in [1.54, 1.807) is 12.1 Å². The van der Waals surface area contributed by atoms with Gasteiger partial charge in [-0.1, -0.05) is 26.0 Å². The second kappa shape index (κ2) is 10.4. The van der Waals surface area contributed by atoms with Crippen LogP contribution in [0.15, 0.2) is 35.5 Å². The fourth-order valence-electron chi connectivity index (χ4n) is 3.08. The molecule has 0 fully saturated rings. The van der Waals surface area contributed by atoms with Gasteiger partial charge >= 0.3 is 5.97 Å². The van der Waals surface area contributed by atoms with Gasteiger partial charge in [-0.15, -0.1) is 0 Å². The summed E-state index contributed by atoms with van der Waals surface area (Å²) < 4.78 is 10.3. The summed E-state index contributed by atoms with van der Waals surface area (Å²) in [6.07, 6.45) is 0. The number of ether oxygens (including phenoxy) is 2. The maximum absolute atomic E-state index is 12.9. The van der Waals surface area contributed by atoms with Gasteiger partial charge in [-0.2, -0.15) is 0 Å². The number of nitrogens with one attached hydrogen (secondary N) is 2. The monoisotopic (exact) mass is 419 g/mol. The molecule has 1 heterocycles. The van der Waals surface area contributed by atoms with Crippen LogP contribution in [0.2, 0.25) is 0 Å². The van der Waals surface area contributed by atoms with E-state index in [1.165, 1.54) is 7.11 Å². The number of methoxy groups -OCH3 is 1. The van der Waals surface area contributed by atoms with Gasteiger partial charge in [0.15, 0.2) is 5.11 Å². The van der Waals surface area contributed by atoms with E-state index in [-0.39, 0.29) is 24.4 Å². The number of hydrogen-bond acceptors (Lipinski definition) is 5. The molecule has 1 aromatic carbocycles. The predicted molar refractivity (Wildman–Crippen MR) is 116 cm³/mol. The zero-order valence-electron chi connectivity index (χ0n) is 17.6. The molecular formula is C21H29N3O4S. The van der Waals surface area contributed by atoms with Crippen molar-refractivity contribution in [3.8, 4) is 0 Å². The van der Waals surface area contributed by atoms with Gasteiger partial charge in [-0.3, -0.25) is 4.79 Å². The van der Waals surface area contributed by atoms with E-state index in [0.717, 1.165) is 11.3 Å². The summed E-state index contributed by atoms with van der Waals surface area (Å²) in [5.41, 5.74) is 2.82. The highest BCUT2D eigenvalue weighted by Gasteiger charge is 2.34. The number of benzene rings is 1. The van der Waals surface area contributed by atoms with Crippen LogP contribution in [0.25, 0.3) is 0 Å². The number of thiocarbonyl (C=S) groups is 1. The van der Waals surface area contributed by atoms with Gasteiger partial charge in [0.2, 0.25) is 5.91 Å². The third-order valence-corrected chi connectivity index (χ3v) is 4.82. The maximum atomic E-state index is 12.9. The normalized spacial score (nSPS) is 16.7. The van der Waals surface area contributed by atoms with Crippen LogP contribution >= 0.6 is 12.2 Å². The summed E-state index contributed by atoms with van der Waals surface area (Å²) in [5.74, 6) is -0.343. The van der Waals surface area contributed by atoms with Gasteiger partial charge in [0.1, 0.15) is 6.61 Å². The summed E-state index contributed by atoms with van der Waals surface area (Å²) in [5, 5.41) is 6.57. The Balaban J connectivity index is 2.32. The Kier molecular flexibility index (Phi) is 8.16. The van der Waals surface area contributed by atoms with Crippen molar-refractivity contribution < 1.29 is 19.1 Å². The number of carbonyl (C=O) groups is 2. The molecule has 158 valence electrons. The molecule has 1 aromatic rings. The Hall–Kier alpha value is -2.45. The molecule has 2 rings (SSSR count). The van der Waals surface area contributed by atoms with Crippen molar-refractivity contribution in [3.05, 3.63) is 41.1 Å². The van der Waals surface area contributed by atoms with E-state index in [2.05, 4.69) is 10.6 Å². The van der Waals surface area contributed by atoms with Gasteiger partial charge < -0.3 is 25.0 Å². The largest absolute Gasteiger partial charge is 0.462 e. The fourth-order valence-corrected chi connectivity index (χ4v) is 3.47. The lowest BCUT2D eigenvalue weighted by Gasteiger charge is -2.37. The zero-order valence-corrected chi connectivity index (χ0v) is 18.4. The van der Waals surface area contributed by atoms with E-state index < -0.39 is 6.04 Å². The van der Waals surface area contributed by atoms with E-state index in [0.29, 0.717) is 29.5 Å². The number of carbonyl (C=O) groups excluding carboxylic acids is 2. The molecule has 1 atom stereocenters. The average Bonchev–Trinajstić information content (AvgIpc) is 2.66. The highest BCUT2D eigenvalue weighted by atomic mass is 32.1. The average molecular weight is 420 g/mol. The third-order valence-electron chi connectivity index (χ3n) is 4.48. The van der Waals surface area contributed by atoms with E-state index >= 15 is 0 Å². The van der Waals surface area contributed by atoms with E-state index in [9.17, 15) is 9.59 Å². The van der Waals surface area contributed by atoms with Crippen LogP contribution < -0.4 is 10.6 Å². The number of anilines is 1. The Labute approximate surface area is 177 Å². The predicted octanol–water partition coefficient (Wildman–Crippen LogP) is 3.00. The van der Waals surface area contributed by atoms with Gasteiger partial charge in [0.25, 0.3) is 0 Å². The molecular weight excluding hydrogens is 390 g/mol. The van der Waals surface area contributed by atoms with Crippen molar-refractivity contribution in [3.63, 3.8) is 0 Å². The van der Waals surface area contributed by atoms with Crippen molar-refractivity contribution in [2.75, 3.05) is 32.2 Å². The molecule has 0 bridgehead atoms. The lowest BCUT2D eigenvalue weighted by Crippen LogP contribution is -2.47. The molecule has 29 heavy (non-hydrogen) atoms. The van der Waals surface area contributed by atoms with Crippen molar-refractivity contribution >= 4 is 34.9 Å². The van der Waals surface area contributed by atoms with Crippen LogP contribution in [0.1, 0.15) is 39.3 Å². The SMILES string of the molecule is CCN1C(=S)N[C@@H](c2ccc(NC(=O)COC)cc2)C(C(=O)OCC(C)C)=C1C.